The lowest BCUT2D eigenvalue weighted by Gasteiger charge is -2.13. The molecule has 2 N–H and O–H groups in total. The van der Waals surface area contributed by atoms with E-state index in [9.17, 15) is 9.59 Å². The third kappa shape index (κ3) is 5.16. The molecule has 0 aliphatic heterocycles. The molecule has 1 atom stereocenters. The Labute approximate surface area is 174 Å². The molecular weight excluding hydrogens is 424 g/mol. The Morgan fingerprint density at radius 1 is 1.30 bits per heavy atom. The molecule has 3 rings (SSSR count). The van der Waals surface area contributed by atoms with Gasteiger partial charge in [0.1, 0.15) is 6.04 Å². The highest BCUT2D eigenvalue weighted by Crippen LogP contribution is 2.36. The van der Waals surface area contributed by atoms with Gasteiger partial charge in [-0.25, -0.2) is 9.78 Å². The number of amides is 1. The van der Waals surface area contributed by atoms with Crippen molar-refractivity contribution >= 4 is 69.4 Å². The maximum Gasteiger partial charge on any atom is 0.327 e. The fraction of sp³-hybridized carbons (Fsp3) is 0.167. The number of aromatic nitrogens is 1. The number of hydrogen-bond acceptors (Lipinski definition) is 6. The second-order valence-corrected chi connectivity index (χ2v) is 8.74. The molecular formula is C18H15ClN2O3S3. The van der Waals surface area contributed by atoms with Crippen LogP contribution in [0.15, 0.2) is 51.7 Å². The van der Waals surface area contributed by atoms with Gasteiger partial charge in [0.25, 0.3) is 0 Å². The molecule has 0 spiro atoms. The molecule has 0 saturated carbocycles. The SMILES string of the molecule is O=C(Cc1ccccc1Sc1nc2cc(Cl)ccc2s1)N[C@@H](CS)C(=O)O. The lowest BCUT2D eigenvalue weighted by atomic mass is 10.1. The van der Waals surface area contributed by atoms with Crippen LogP contribution in [0.4, 0.5) is 0 Å². The van der Waals surface area contributed by atoms with Crippen LogP contribution in [0, 0.1) is 0 Å². The van der Waals surface area contributed by atoms with Gasteiger partial charge in [0.05, 0.1) is 16.6 Å². The Hall–Kier alpha value is -1.74. The Kier molecular flexibility index (Phi) is 6.64. The number of rotatable bonds is 7. The Morgan fingerprint density at radius 2 is 2.07 bits per heavy atom. The van der Waals surface area contributed by atoms with Crippen LogP contribution in [-0.2, 0) is 16.0 Å². The third-order valence-corrected chi connectivity index (χ3v) is 6.48. The second-order valence-electron chi connectivity index (χ2n) is 5.62. The van der Waals surface area contributed by atoms with E-state index >= 15 is 0 Å². The van der Waals surface area contributed by atoms with Gasteiger partial charge in [0, 0.05) is 15.7 Å². The molecule has 1 heterocycles. The number of hydrogen-bond donors (Lipinski definition) is 3. The molecule has 0 saturated heterocycles. The molecule has 0 unspecified atom stereocenters. The van der Waals surface area contributed by atoms with Gasteiger partial charge in [-0.2, -0.15) is 12.6 Å². The summed E-state index contributed by atoms with van der Waals surface area (Å²) in [5.74, 6) is -1.43. The Balaban J connectivity index is 1.77. The maximum absolute atomic E-state index is 12.2. The second kappa shape index (κ2) is 8.97. The molecule has 0 fully saturated rings. The summed E-state index contributed by atoms with van der Waals surface area (Å²) in [6.07, 6.45) is 0.0808. The van der Waals surface area contributed by atoms with Crippen LogP contribution in [-0.4, -0.2) is 33.8 Å². The number of carboxylic acid groups (broad SMARTS) is 1. The van der Waals surface area contributed by atoms with E-state index in [0.29, 0.717) is 5.02 Å². The number of benzene rings is 2. The topological polar surface area (TPSA) is 79.3 Å². The number of carboxylic acids is 1. The van der Waals surface area contributed by atoms with E-state index in [-0.39, 0.29) is 18.1 Å². The van der Waals surface area contributed by atoms with Crippen molar-refractivity contribution in [3.8, 4) is 0 Å². The highest BCUT2D eigenvalue weighted by Gasteiger charge is 2.19. The monoisotopic (exact) mass is 438 g/mol. The van der Waals surface area contributed by atoms with Crippen LogP contribution in [0.3, 0.4) is 0 Å². The van der Waals surface area contributed by atoms with Crippen molar-refractivity contribution in [3.63, 3.8) is 0 Å². The number of fused-ring (bicyclic) bond motifs is 1. The van der Waals surface area contributed by atoms with Gasteiger partial charge >= 0.3 is 5.97 Å². The van der Waals surface area contributed by atoms with Crippen molar-refractivity contribution in [1.82, 2.24) is 10.3 Å². The van der Waals surface area contributed by atoms with Gasteiger partial charge in [-0.3, -0.25) is 4.79 Å². The zero-order valence-electron chi connectivity index (χ0n) is 13.9. The summed E-state index contributed by atoms with van der Waals surface area (Å²) in [6, 6.07) is 12.1. The van der Waals surface area contributed by atoms with Crippen LogP contribution in [0.25, 0.3) is 10.2 Å². The zero-order chi connectivity index (χ0) is 19.4. The number of thiazole rings is 1. The van der Waals surface area contributed by atoms with Crippen molar-refractivity contribution in [2.75, 3.05) is 5.75 Å². The highest BCUT2D eigenvalue weighted by atomic mass is 35.5. The predicted octanol–water partition coefficient (Wildman–Crippen LogP) is 4.14. The summed E-state index contributed by atoms with van der Waals surface area (Å²) in [4.78, 5) is 28.8. The first-order valence-corrected chi connectivity index (χ1v) is 10.6. The average molecular weight is 439 g/mol. The number of carbonyl (C=O) groups is 2. The van der Waals surface area contributed by atoms with Gasteiger partial charge in [0.15, 0.2) is 4.34 Å². The minimum atomic E-state index is -1.10. The van der Waals surface area contributed by atoms with E-state index in [1.165, 1.54) is 11.8 Å². The molecule has 2 aromatic carbocycles. The summed E-state index contributed by atoms with van der Waals surface area (Å²) >= 11 is 13.0. The summed E-state index contributed by atoms with van der Waals surface area (Å²) in [7, 11) is 0. The first kappa shape index (κ1) is 20.0. The minimum absolute atomic E-state index is 0.0335. The largest absolute Gasteiger partial charge is 0.480 e. The van der Waals surface area contributed by atoms with E-state index in [1.54, 1.807) is 11.3 Å². The van der Waals surface area contributed by atoms with Crippen LogP contribution in [0.1, 0.15) is 5.56 Å². The van der Waals surface area contributed by atoms with E-state index in [1.807, 2.05) is 42.5 Å². The number of nitrogens with one attached hydrogen (secondary N) is 1. The van der Waals surface area contributed by atoms with E-state index < -0.39 is 12.0 Å². The molecule has 5 nitrogen and oxygen atoms in total. The molecule has 0 aliphatic carbocycles. The lowest BCUT2D eigenvalue weighted by molar-refractivity contribution is -0.141. The van der Waals surface area contributed by atoms with Crippen molar-refractivity contribution in [1.29, 1.82) is 0 Å². The van der Waals surface area contributed by atoms with E-state index in [0.717, 1.165) is 25.0 Å². The first-order valence-electron chi connectivity index (χ1n) is 7.91. The van der Waals surface area contributed by atoms with Gasteiger partial charge in [-0.15, -0.1) is 11.3 Å². The van der Waals surface area contributed by atoms with Gasteiger partial charge in [-0.1, -0.05) is 41.6 Å². The fourth-order valence-corrected chi connectivity index (χ4v) is 4.92. The van der Waals surface area contributed by atoms with E-state index in [4.69, 9.17) is 16.7 Å². The lowest BCUT2D eigenvalue weighted by Crippen LogP contribution is -2.42. The molecule has 140 valence electrons. The minimum Gasteiger partial charge on any atom is -0.480 e. The van der Waals surface area contributed by atoms with Crippen molar-refractivity contribution < 1.29 is 14.7 Å². The molecule has 0 aliphatic rings. The number of thiol groups is 1. The first-order chi connectivity index (χ1) is 13.0. The van der Waals surface area contributed by atoms with Crippen LogP contribution in [0.5, 0.6) is 0 Å². The summed E-state index contributed by atoms with van der Waals surface area (Å²) in [5, 5.41) is 12.2. The maximum atomic E-state index is 12.2. The Bertz CT molecular complexity index is 993. The van der Waals surface area contributed by atoms with Gasteiger partial charge < -0.3 is 10.4 Å². The number of carbonyl (C=O) groups excluding carboxylic acids is 1. The van der Waals surface area contributed by atoms with Crippen LogP contribution in [0.2, 0.25) is 5.02 Å². The molecule has 0 bridgehead atoms. The third-order valence-electron chi connectivity index (χ3n) is 3.67. The molecule has 1 amide bonds. The van der Waals surface area contributed by atoms with Crippen molar-refractivity contribution in [3.05, 3.63) is 53.1 Å². The molecule has 27 heavy (non-hydrogen) atoms. The molecule has 9 heteroatoms. The molecule has 1 aromatic heterocycles. The summed E-state index contributed by atoms with van der Waals surface area (Å²) in [5.41, 5.74) is 1.64. The van der Waals surface area contributed by atoms with Crippen molar-refractivity contribution in [2.24, 2.45) is 0 Å². The standard InChI is InChI=1S/C18H15ClN2O3S3/c19-11-5-6-15-12(8-11)21-18(27-15)26-14-4-2-1-3-10(14)7-16(22)20-13(9-25)17(23)24/h1-6,8,13,25H,7,9H2,(H,20,22)(H,23,24)/t13-/m0/s1. The number of aliphatic carboxylic acids is 1. The quantitative estimate of drug-likeness (QED) is 0.483. The molecule has 0 radical (unpaired) electrons. The highest BCUT2D eigenvalue weighted by molar-refractivity contribution is 8.01. The number of halogens is 1. The Morgan fingerprint density at radius 3 is 2.81 bits per heavy atom. The van der Waals surface area contributed by atoms with Gasteiger partial charge in [-0.05, 0) is 29.8 Å². The summed E-state index contributed by atoms with van der Waals surface area (Å²) < 4.78 is 1.88. The zero-order valence-corrected chi connectivity index (χ0v) is 17.2. The van der Waals surface area contributed by atoms with E-state index in [2.05, 4.69) is 22.9 Å². The predicted molar refractivity (Wildman–Crippen MR) is 112 cm³/mol. The fourth-order valence-electron chi connectivity index (χ4n) is 2.37. The summed E-state index contributed by atoms with van der Waals surface area (Å²) in [6.45, 7) is 0. The smallest absolute Gasteiger partial charge is 0.327 e. The van der Waals surface area contributed by atoms with Gasteiger partial charge in [0.2, 0.25) is 5.91 Å². The average Bonchev–Trinajstić information content (AvgIpc) is 3.02. The number of nitrogens with zero attached hydrogens (tertiary/aromatic N) is 1. The van der Waals surface area contributed by atoms with Crippen LogP contribution < -0.4 is 5.32 Å². The van der Waals surface area contributed by atoms with Crippen molar-refractivity contribution in [2.45, 2.75) is 21.7 Å². The molecule has 3 aromatic rings. The van der Waals surface area contributed by atoms with Crippen LogP contribution >= 0.6 is 47.3 Å². The normalized spacial score (nSPS) is 12.1.